The molecule has 0 aliphatic carbocycles. The van der Waals surface area contributed by atoms with Crippen LogP contribution in [0.5, 0.6) is 0 Å². The zero-order valence-electron chi connectivity index (χ0n) is 8.84. The summed E-state index contributed by atoms with van der Waals surface area (Å²) in [6, 6.07) is 0. The van der Waals surface area contributed by atoms with E-state index in [9.17, 15) is 0 Å². The van der Waals surface area contributed by atoms with Gasteiger partial charge in [-0.2, -0.15) is 0 Å². The Kier molecular flexibility index (Phi) is 3.31. The van der Waals surface area contributed by atoms with Crippen molar-refractivity contribution in [2.75, 3.05) is 13.2 Å². The molecule has 1 saturated heterocycles. The summed E-state index contributed by atoms with van der Waals surface area (Å²) >= 11 is 0. The van der Waals surface area contributed by atoms with E-state index in [0.29, 0.717) is 5.92 Å². The molecule has 1 atom stereocenters. The molecular weight excluding hydrogens is 164 g/mol. The van der Waals surface area contributed by atoms with E-state index < -0.39 is 0 Å². The smallest absolute Gasteiger partial charge is 0.0947 e. The molecule has 1 aliphatic rings. The molecule has 0 aromatic heterocycles. The lowest BCUT2D eigenvalue weighted by atomic mass is 10.0. The fourth-order valence-corrected chi connectivity index (χ4v) is 1.52. The standard InChI is InChI=1S/C10H20N2O/c1-10(2,3)12-9(11)6-8-4-5-13-7-8/h8H,4-7H2,1-3H3,(H2,11,12). The fourth-order valence-electron chi connectivity index (χ4n) is 1.52. The van der Waals surface area contributed by atoms with Crippen molar-refractivity contribution in [1.29, 1.82) is 0 Å². The Balaban J connectivity index is 2.39. The maximum absolute atomic E-state index is 5.83. The van der Waals surface area contributed by atoms with Gasteiger partial charge in [-0.1, -0.05) is 0 Å². The molecule has 0 aromatic carbocycles. The molecule has 1 fully saturated rings. The van der Waals surface area contributed by atoms with Gasteiger partial charge in [-0.3, -0.25) is 4.99 Å². The summed E-state index contributed by atoms with van der Waals surface area (Å²) in [5.41, 5.74) is 5.78. The number of nitrogens with two attached hydrogens (primary N) is 1. The van der Waals surface area contributed by atoms with Crippen molar-refractivity contribution in [3.8, 4) is 0 Å². The average molecular weight is 184 g/mol. The molecule has 1 heterocycles. The van der Waals surface area contributed by atoms with E-state index in [1.165, 1.54) is 0 Å². The van der Waals surface area contributed by atoms with Crippen molar-refractivity contribution in [3.63, 3.8) is 0 Å². The van der Waals surface area contributed by atoms with E-state index in [-0.39, 0.29) is 5.54 Å². The molecule has 0 radical (unpaired) electrons. The first kappa shape index (κ1) is 10.5. The first-order valence-electron chi connectivity index (χ1n) is 4.89. The number of rotatable bonds is 2. The van der Waals surface area contributed by atoms with Crippen LogP contribution < -0.4 is 5.73 Å². The molecule has 0 amide bonds. The van der Waals surface area contributed by atoms with Crippen LogP contribution in [-0.2, 0) is 4.74 Å². The van der Waals surface area contributed by atoms with E-state index in [4.69, 9.17) is 10.5 Å². The lowest BCUT2D eigenvalue weighted by Gasteiger charge is -2.15. The van der Waals surface area contributed by atoms with Crippen molar-refractivity contribution in [1.82, 2.24) is 0 Å². The van der Waals surface area contributed by atoms with E-state index in [1.807, 2.05) is 0 Å². The molecule has 1 aliphatic heterocycles. The molecule has 3 nitrogen and oxygen atoms in total. The first-order valence-corrected chi connectivity index (χ1v) is 4.89. The van der Waals surface area contributed by atoms with Gasteiger partial charge in [0, 0.05) is 19.6 Å². The third kappa shape index (κ3) is 4.27. The van der Waals surface area contributed by atoms with Crippen molar-refractivity contribution in [2.45, 2.75) is 39.2 Å². The molecule has 13 heavy (non-hydrogen) atoms. The Hall–Kier alpha value is -0.570. The van der Waals surface area contributed by atoms with Crippen LogP contribution >= 0.6 is 0 Å². The monoisotopic (exact) mass is 184 g/mol. The molecular formula is C10H20N2O. The van der Waals surface area contributed by atoms with Crippen LogP contribution in [0.1, 0.15) is 33.6 Å². The second-order valence-electron chi connectivity index (χ2n) is 4.71. The number of aliphatic imine (C=N–C) groups is 1. The summed E-state index contributed by atoms with van der Waals surface area (Å²) in [6.07, 6.45) is 2.01. The van der Waals surface area contributed by atoms with Crippen molar-refractivity contribution in [2.24, 2.45) is 16.6 Å². The molecule has 76 valence electrons. The number of ether oxygens (including phenoxy) is 1. The van der Waals surface area contributed by atoms with Gasteiger partial charge in [0.2, 0.25) is 0 Å². The minimum Gasteiger partial charge on any atom is -0.387 e. The van der Waals surface area contributed by atoms with E-state index >= 15 is 0 Å². The molecule has 1 unspecified atom stereocenters. The van der Waals surface area contributed by atoms with Gasteiger partial charge in [0.25, 0.3) is 0 Å². The number of nitrogens with zero attached hydrogens (tertiary/aromatic N) is 1. The highest BCUT2D eigenvalue weighted by atomic mass is 16.5. The number of hydrogen-bond acceptors (Lipinski definition) is 2. The van der Waals surface area contributed by atoms with Crippen molar-refractivity contribution in [3.05, 3.63) is 0 Å². The van der Waals surface area contributed by atoms with Crippen LogP contribution in [0.15, 0.2) is 4.99 Å². The summed E-state index contributed by atoms with van der Waals surface area (Å²) < 4.78 is 5.28. The van der Waals surface area contributed by atoms with Gasteiger partial charge >= 0.3 is 0 Å². The van der Waals surface area contributed by atoms with Gasteiger partial charge in [0.15, 0.2) is 0 Å². The normalized spacial score (nSPS) is 25.2. The minimum absolute atomic E-state index is 0.0520. The summed E-state index contributed by atoms with van der Waals surface area (Å²) in [5, 5.41) is 0. The van der Waals surface area contributed by atoms with Crippen LogP contribution in [0.3, 0.4) is 0 Å². The summed E-state index contributed by atoms with van der Waals surface area (Å²) in [6.45, 7) is 7.91. The lowest BCUT2D eigenvalue weighted by molar-refractivity contribution is 0.187. The molecule has 0 aromatic rings. The molecule has 0 saturated carbocycles. The van der Waals surface area contributed by atoms with E-state index in [2.05, 4.69) is 25.8 Å². The lowest BCUT2D eigenvalue weighted by Crippen LogP contribution is -2.23. The minimum atomic E-state index is -0.0520. The number of amidine groups is 1. The molecule has 2 N–H and O–H groups in total. The SMILES string of the molecule is CC(C)(C)N=C(N)CC1CCOC1. The van der Waals surface area contributed by atoms with Crippen molar-refractivity contribution < 1.29 is 4.74 Å². The Labute approximate surface area is 80.4 Å². The van der Waals surface area contributed by atoms with Crippen LogP contribution in [0.25, 0.3) is 0 Å². The maximum Gasteiger partial charge on any atom is 0.0947 e. The summed E-state index contributed by atoms with van der Waals surface area (Å²) in [4.78, 5) is 4.41. The highest BCUT2D eigenvalue weighted by molar-refractivity contribution is 5.80. The second-order valence-corrected chi connectivity index (χ2v) is 4.71. The maximum atomic E-state index is 5.83. The predicted octanol–water partition coefficient (Wildman–Crippen LogP) is 1.57. The topological polar surface area (TPSA) is 47.6 Å². The van der Waals surface area contributed by atoms with E-state index in [0.717, 1.165) is 31.9 Å². The Morgan fingerprint density at radius 1 is 1.54 bits per heavy atom. The van der Waals surface area contributed by atoms with Gasteiger partial charge in [-0.25, -0.2) is 0 Å². The highest BCUT2D eigenvalue weighted by Gasteiger charge is 2.17. The summed E-state index contributed by atoms with van der Waals surface area (Å²) in [5.74, 6) is 1.36. The van der Waals surface area contributed by atoms with E-state index in [1.54, 1.807) is 0 Å². The van der Waals surface area contributed by atoms with Gasteiger partial charge in [-0.15, -0.1) is 0 Å². The molecule has 0 spiro atoms. The molecule has 0 bridgehead atoms. The summed E-state index contributed by atoms with van der Waals surface area (Å²) in [7, 11) is 0. The van der Waals surface area contributed by atoms with Gasteiger partial charge in [0.1, 0.15) is 0 Å². The first-order chi connectivity index (χ1) is 5.97. The average Bonchev–Trinajstić information content (AvgIpc) is 2.34. The third-order valence-electron chi connectivity index (χ3n) is 2.00. The van der Waals surface area contributed by atoms with Gasteiger partial charge in [0.05, 0.1) is 11.4 Å². The predicted molar refractivity (Wildman–Crippen MR) is 54.9 cm³/mol. The Morgan fingerprint density at radius 2 is 2.23 bits per heavy atom. The largest absolute Gasteiger partial charge is 0.387 e. The van der Waals surface area contributed by atoms with Crippen molar-refractivity contribution >= 4 is 5.84 Å². The third-order valence-corrected chi connectivity index (χ3v) is 2.00. The zero-order chi connectivity index (χ0) is 9.90. The van der Waals surface area contributed by atoms with Crippen LogP contribution in [0.4, 0.5) is 0 Å². The number of hydrogen-bond donors (Lipinski definition) is 1. The Morgan fingerprint density at radius 3 is 2.69 bits per heavy atom. The Bertz CT molecular complexity index is 188. The molecule has 1 rings (SSSR count). The second kappa shape index (κ2) is 4.09. The fraction of sp³-hybridized carbons (Fsp3) is 0.900. The zero-order valence-corrected chi connectivity index (χ0v) is 8.84. The van der Waals surface area contributed by atoms with Crippen LogP contribution in [0.2, 0.25) is 0 Å². The van der Waals surface area contributed by atoms with Gasteiger partial charge < -0.3 is 10.5 Å². The highest BCUT2D eigenvalue weighted by Crippen LogP contribution is 2.17. The van der Waals surface area contributed by atoms with Crippen LogP contribution in [-0.4, -0.2) is 24.6 Å². The molecule has 3 heteroatoms. The van der Waals surface area contributed by atoms with Gasteiger partial charge in [-0.05, 0) is 33.1 Å². The van der Waals surface area contributed by atoms with Crippen LogP contribution in [0, 0.1) is 5.92 Å². The quantitative estimate of drug-likeness (QED) is 0.523.